The fraction of sp³-hybridized carbons (Fsp3) is 0.571. The van der Waals surface area contributed by atoms with Gasteiger partial charge in [0, 0.05) is 24.2 Å². The second-order valence-corrected chi connectivity index (χ2v) is 4.84. The van der Waals surface area contributed by atoms with Crippen LogP contribution in [-0.2, 0) is 4.79 Å². The van der Waals surface area contributed by atoms with Crippen LogP contribution in [0.25, 0.3) is 0 Å². The van der Waals surface area contributed by atoms with Crippen LogP contribution in [0, 0.1) is 5.92 Å². The Bertz CT molecular complexity index is 399. The average molecular weight is 265 g/mol. The Morgan fingerprint density at radius 2 is 2.26 bits per heavy atom. The number of amides is 2. The number of urea groups is 1. The van der Waals surface area contributed by atoms with E-state index in [1.54, 1.807) is 13.0 Å². The van der Waals surface area contributed by atoms with Gasteiger partial charge in [-0.25, -0.2) is 4.79 Å². The molecule has 0 saturated carbocycles. The predicted molar refractivity (Wildman–Crippen MR) is 75.2 cm³/mol. The molecule has 5 nitrogen and oxygen atoms in total. The van der Waals surface area contributed by atoms with Crippen molar-refractivity contribution in [1.82, 2.24) is 16.0 Å². The molecule has 0 aromatic carbocycles. The summed E-state index contributed by atoms with van der Waals surface area (Å²) in [5.74, 6) is 0.673. The highest BCUT2D eigenvalue weighted by Crippen LogP contribution is 2.11. The number of rotatable bonds is 4. The number of hydrogen-bond donors (Lipinski definition) is 3. The van der Waals surface area contributed by atoms with Crippen LogP contribution in [0.5, 0.6) is 0 Å². The van der Waals surface area contributed by atoms with Crippen molar-refractivity contribution in [2.24, 2.45) is 5.92 Å². The lowest BCUT2D eigenvalue weighted by Crippen LogP contribution is -2.39. The Kier molecular flexibility index (Phi) is 6.12. The van der Waals surface area contributed by atoms with Crippen molar-refractivity contribution in [2.45, 2.75) is 40.0 Å². The summed E-state index contributed by atoms with van der Waals surface area (Å²) in [5, 5.41) is 8.56. The van der Waals surface area contributed by atoms with Gasteiger partial charge in [0.25, 0.3) is 0 Å². The average Bonchev–Trinajstić information content (AvgIpc) is 2.34. The number of allylic oxidation sites excluding steroid dienone is 3. The van der Waals surface area contributed by atoms with Gasteiger partial charge in [-0.05, 0) is 25.8 Å². The van der Waals surface area contributed by atoms with Gasteiger partial charge >= 0.3 is 6.03 Å². The van der Waals surface area contributed by atoms with E-state index in [0.29, 0.717) is 18.8 Å². The van der Waals surface area contributed by atoms with Crippen LogP contribution >= 0.6 is 0 Å². The lowest BCUT2D eigenvalue weighted by atomic mass is 10.0. The van der Waals surface area contributed by atoms with E-state index in [2.05, 4.69) is 22.9 Å². The molecule has 1 rings (SSSR count). The fourth-order valence-corrected chi connectivity index (χ4v) is 1.69. The normalized spacial score (nSPS) is 25.0. The third-order valence-corrected chi connectivity index (χ3v) is 2.92. The van der Waals surface area contributed by atoms with Gasteiger partial charge in [-0.15, -0.1) is 0 Å². The maximum atomic E-state index is 11.6. The van der Waals surface area contributed by atoms with Crippen molar-refractivity contribution in [2.75, 3.05) is 6.54 Å². The number of nitrogens with one attached hydrogen (secondary N) is 3. The van der Waals surface area contributed by atoms with Gasteiger partial charge in [-0.1, -0.05) is 20.3 Å². The summed E-state index contributed by atoms with van der Waals surface area (Å²) in [5.41, 5.74) is 0.733. The van der Waals surface area contributed by atoms with Gasteiger partial charge < -0.3 is 10.6 Å². The van der Waals surface area contributed by atoms with Crippen LogP contribution in [0.1, 0.15) is 40.0 Å². The van der Waals surface area contributed by atoms with Crippen LogP contribution in [0.15, 0.2) is 23.7 Å². The summed E-state index contributed by atoms with van der Waals surface area (Å²) in [4.78, 5) is 23.3. The molecule has 0 radical (unpaired) electrons. The highest BCUT2D eigenvalue weighted by atomic mass is 16.2. The molecular weight excluding hydrogens is 242 g/mol. The van der Waals surface area contributed by atoms with E-state index in [0.717, 1.165) is 18.5 Å². The quantitative estimate of drug-likeness (QED) is 0.681. The zero-order valence-corrected chi connectivity index (χ0v) is 11.9. The molecule has 0 aromatic heterocycles. The van der Waals surface area contributed by atoms with Crippen molar-refractivity contribution in [3.05, 3.63) is 23.7 Å². The molecule has 0 fully saturated rings. The van der Waals surface area contributed by atoms with Gasteiger partial charge in [-0.2, -0.15) is 0 Å². The highest BCUT2D eigenvalue weighted by Gasteiger charge is 2.14. The summed E-state index contributed by atoms with van der Waals surface area (Å²) in [6, 6.07) is -0.223. The zero-order valence-electron chi connectivity index (χ0n) is 11.9. The van der Waals surface area contributed by atoms with Gasteiger partial charge in [0.1, 0.15) is 5.82 Å². The lowest BCUT2D eigenvalue weighted by molar-refractivity contribution is -0.117. The van der Waals surface area contributed by atoms with Crippen molar-refractivity contribution >= 4 is 11.8 Å². The smallest absolute Gasteiger partial charge is 0.320 e. The molecule has 1 aliphatic heterocycles. The maximum Gasteiger partial charge on any atom is 0.320 e. The van der Waals surface area contributed by atoms with E-state index in [-0.39, 0.29) is 17.7 Å². The van der Waals surface area contributed by atoms with Crippen molar-refractivity contribution < 1.29 is 9.59 Å². The summed E-state index contributed by atoms with van der Waals surface area (Å²) in [7, 11) is 0. The molecule has 2 amide bonds. The van der Waals surface area contributed by atoms with Crippen molar-refractivity contribution in [1.29, 1.82) is 0 Å². The zero-order chi connectivity index (χ0) is 14.3. The molecule has 0 aliphatic carbocycles. The number of carbonyl (C=O) groups excluding carboxylic acids is 2. The molecular formula is C14H23N3O2. The third-order valence-electron chi connectivity index (χ3n) is 2.92. The molecule has 0 bridgehead atoms. The van der Waals surface area contributed by atoms with Crippen molar-refractivity contribution in [3.8, 4) is 0 Å². The van der Waals surface area contributed by atoms with Crippen LogP contribution < -0.4 is 16.0 Å². The van der Waals surface area contributed by atoms with Gasteiger partial charge in [-0.3, -0.25) is 10.1 Å². The minimum absolute atomic E-state index is 0.0583. The van der Waals surface area contributed by atoms with Crippen LogP contribution in [0.4, 0.5) is 4.79 Å². The predicted octanol–water partition coefficient (Wildman–Crippen LogP) is 2.03. The first-order valence-corrected chi connectivity index (χ1v) is 6.77. The van der Waals surface area contributed by atoms with E-state index in [4.69, 9.17) is 0 Å². The van der Waals surface area contributed by atoms with Crippen LogP contribution in [-0.4, -0.2) is 18.4 Å². The summed E-state index contributed by atoms with van der Waals surface area (Å²) >= 11 is 0. The molecule has 0 aromatic rings. The molecule has 3 N–H and O–H groups in total. The highest BCUT2D eigenvalue weighted by molar-refractivity contribution is 5.92. The summed E-state index contributed by atoms with van der Waals surface area (Å²) < 4.78 is 0. The number of hydrogen-bond acceptors (Lipinski definition) is 3. The van der Waals surface area contributed by atoms with E-state index < -0.39 is 0 Å². The Hall–Kier alpha value is -1.78. The molecule has 106 valence electrons. The minimum atomic E-state index is -0.223. The lowest BCUT2D eigenvalue weighted by Gasteiger charge is -2.17. The van der Waals surface area contributed by atoms with E-state index in [9.17, 15) is 9.59 Å². The standard InChI is InChI=1S/C14H23N3O2/c1-4-5-8-15-14(19)17-13-7-6-10(2)12(18)9-11(3)16-13/h7,9-10,16H,4-6,8H2,1-3H3,(H2,15,17,19)/b11-9-,13-7-. The topological polar surface area (TPSA) is 70.2 Å². The number of ketones is 1. The summed E-state index contributed by atoms with van der Waals surface area (Å²) in [6.07, 6.45) is 6.04. The first kappa shape index (κ1) is 15.3. The first-order valence-electron chi connectivity index (χ1n) is 6.77. The molecule has 5 heteroatoms. The third kappa shape index (κ3) is 5.59. The second-order valence-electron chi connectivity index (χ2n) is 4.84. The number of carbonyl (C=O) groups is 2. The van der Waals surface area contributed by atoms with Crippen LogP contribution in [0.2, 0.25) is 0 Å². The summed E-state index contributed by atoms with van der Waals surface area (Å²) in [6.45, 7) is 6.43. The van der Waals surface area contributed by atoms with E-state index >= 15 is 0 Å². The van der Waals surface area contributed by atoms with Gasteiger partial charge in [0.2, 0.25) is 0 Å². The fourth-order valence-electron chi connectivity index (χ4n) is 1.69. The Morgan fingerprint density at radius 3 is 2.95 bits per heavy atom. The minimum Gasteiger partial charge on any atom is -0.346 e. The van der Waals surface area contributed by atoms with E-state index in [1.807, 2.05) is 13.0 Å². The van der Waals surface area contributed by atoms with Gasteiger partial charge in [0.05, 0.1) is 0 Å². The second kappa shape index (κ2) is 7.61. The molecule has 1 aliphatic rings. The molecule has 19 heavy (non-hydrogen) atoms. The molecule has 1 heterocycles. The van der Waals surface area contributed by atoms with Gasteiger partial charge in [0.15, 0.2) is 5.78 Å². The Balaban J connectivity index is 2.55. The van der Waals surface area contributed by atoms with Crippen LogP contribution in [0.3, 0.4) is 0 Å². The largest absolute Gasteiger partial charge is 0.346 e. The monoisotopic (exact) mass is 265 g/mol. The SMILES string of the molecule is CCCCNC(=O)N/C1=C\CC(C)C(=O)/C=C(/C)N1. The molecule has 0 spiro atoms. The number of unbranched alkanes of at least 4 members (excludes halogenated alkanes) is 1. The molecule has 0 saturated heterocycles. The maximum absolute atomic E-state index is 11.6. The van der Waals surface area contributed by atoms with Crippen molar-refractivity contribution in [3.63, 3.8) is 0 Å². The Labute approximate surface area is 114 Å². The Morgan fingerprint density at radius 1 is 1.53 bits per heavy atom. The molecule has 1 atom stereocenters. The molecule has 1 unspecified atom stereocenters. The van der Waals surface area contributed by atoms with E-state index in [1.165, 1.54) is 0 Å². The first-order chi connectivity index (χ1) is 9.02.